The molecular formula is C3H9BO. The van der Waals surface area contributed by atoms with Crippen LogP contribution in [0.1, 0.15) is 6.92 Å². The van der Waals surface area contributed by atoms with Gasteiger partial charge in [-0.25, -0.2) is 0 Å². The average Bonchev–Trinajstić information content (AvgIpc) is 1.41. The Labute approximate surface area is 33.7 Å². The van der Waals surface area contributed by atoms with Gasteiger partial charge in [0.05, 0.1) is 0 Å². The third-order valence-electron chi connectivity index (χ3n) is 0.408. The molecule has 0 N–H and O–H groups in total. The summed E-state index contributed by atoms with van der Waals surface area (Å²) in [5.74, 6) is 0. The van der Waals surface area contributed by atoms with Crippen molar-refractivity contribution in [3.63, 3.8) is 0 Å². The lowest BCUT2D eigenvalue weighted by Gasteiger charge is -1.86. The third-order valence-corrected chi connectivity index (χ3v) is 0.408. The minimum atomic E-state index is 0.844. The molecule has 0 spiro atoms. The van der Waals surface area contributed by atoms with E-state index in [1.807, 2.05) is 14.8 Å². The van der Waals surface area contributed by atoms with E-state index < -0.39 is 0 Å². The van der Waals surface area contributed by atoms with Crippen molar-refractivity contribution in [3.8, 4) is 0 Å². The zero-order chi connectivity index (χ0) is 4.12. The molecule has 0 unspecified atom stereocenters. The lowest BCUT2D eigenvalue weighted by Crippen LogP contribution is -1.89. The zero-order valence-corrected chi connectivity index (χ0v) is 3.82. The fourth-order valence-electron chi connectivity index (χ4n) is 0.204. The molecule has 0 aliphatic rings. The topological polar surface area (TPSA) is 9.23 Å². The van der Waals surface area contributed by atoms with Crippen LogP contribution in [0.2, 0.25) is 0 Å². The number of rotatable bonds is 2. The van der Waals surface area contributed by atoms with Gasteiger partial charge in [0.15, 0.2) is 0 Å². The highest BCUT2D eigenvalue weighted by atomic mass is 16.5. The highest BCUT2D eigenvalue weighted by Gasteiger charge is 1.64. The predicted octanol–water partition coefficient (Wildman–Crippen LogP) is -0.387. The molecular weight excluding hydrogens is 62.8 g/mol. The predicted molar refractivity (Wildman–Crippen MR) is 25.0 cm³/mol. The molecule has 0 saturated carbocycles. The van der Waals surface area contributed by atoms with Gasteiger partial charge in [-0.15, -0.1) is 0 Å². The minimum Gasteiger partial charge on any atom is -0.391 e. The second-order valence-corrected chi connectivity index (χ2v) is 0.781. The first-order valence-corrected chi connectivity index (χ1v) is 1.99. The van der Waals surface area contributed by atoms with E-state index in [9.17, 15) is 0 Å². The fraction of sp³-hybridized carbons (Fsp3) is 1.00. The molecule has 2 heteroatoms. The second-order valence-electron chi connectivity index (χ2n) is 0.781. The first-order chi connectivity index (χ1) is 2.41. The molecule has 0 aromatic heterocycles. The molecule has 30 valence electrons. The molecule has 0 radical (unpaired) electrons. The fourth-order valence-corrected chi connectivity index (χ4v) is 0.204. The van der Waals surface area contributed by atoms with E-state index >= 15 is 0 Å². The van der Waals surface area contributed by atoms with Gasteiger partial charge in [0.1, 0.15) is 7.85 Å². The molecule has 0 amide bonds. The van der Waals surface area contributed by atoms with E-state index in [1.54, 1.807) is 0 Å². The molecule has 0 fully saturated rings. The van der Waals surface area contributed by atoms with Gasteiger partial charge in [0.25, 0.3) is 0 Å². The summed E-state index contributed by atoms with van der Waals surface area (Å²) in [6.07, 6.45) is 0. The van der Waals surface area contributed by atoms with Crippen LogP contribution in [-0.4, -0.2) is 21.0 Å². The van der Waals surface area contributed by atoms with E-state index in [1.165, 1.54) is 0 Å². The quantitative estimate of drug-likeness (QED) is 0.404. The van der Waals surface area contributed by atoms with E-state index in [0.29, 0.717) is 0 Å². The van der Waals surface area contributed by atoms with Gasteiger partial charge in [-0.1, -0.05) is 0 Å². The monoisotopic (exact) mass is 72.1 g/mol. The van der Waals surface area contributed by atoms with E-state index in [0.717, 1.165) is 13.1 Å². The van der Waals surface area contributed by atoms with Crippen molar-refractivity contribution < 1.29 is 4.74 Å². The summed E-state index contributed by atoms with van der Waals surface area (Å²) in [5, 5.41) is 0. The van der Waals surface area contributed by atoms with Gasteiger partial charge in [0.2, 0.25) is 0 Å². The van der Waals surface area contributed by atoms with Crippen LogP contribution in [-0.2, 0) is 4.74 Å². The zero-order valence-electron chi connectivity index (χ0n) is 3.82. The Balaban J connectivity index is 2.19. The van der Waals surface area contributed by atoms with E-state index in [4.69, 9.17) is 4.74 Å². The third kappa shape index (κ3) is 4.02. The minimum absolute atomic E-state index is 0.844. The van der Waals surface area contributed by atoms with Crippen molar-refractivity contribution >= 4 is 7.85 Å². The Morgan fingerprint density at radius 2 is 2.40 bits per heavy atom. The van der Waals surface area contributed by atoms with Gasteiger partial charge >= 0.3 is 0 Å². The Kier molecular flexibility index (Phi) is 4.05. The first kappa shape index (κ1) is 5.02. The first-order valence-electron chi connectivity index (χ1n) is 1.99. The summed E-state index contributed by atoms with van der Waals surface area (Å²) in [7, 11) is 1.99. The Bertz CT molecular complexity index is 14.4. The summed E-state index contributed by atoms with van der Waals surface area (Å²) in [4.78, 5) is 0. The van der Waals surface area contributed by atoms with Crippen molar-refractivity contribution in [3.05, 3.63) is 0 Å². The Hall–Kier alpha value is 0.0249. The molecule has 0 aliphatic heterocycles. The molecule has 0 aromatic rings. The average molecular weight is 71.9 g/mol. The lowest BCUT2D eigenvalue weighted by atomic mass is 10.2. The normalized spacial score (nSPS) is 8.20. The molecule has 0 aliphatic carbocycles. The summed E-state index contributed by atoms with van der Waals surface area (Å²) in [5.41, 5.74) is 0. The van der Waals surface area contributed by atoms with Crippen molar-refractivity contribution in [1.82, 2.24) is 0 Å². The number of ether oxygens (including phenoxy) is 1. The highest BCUT2D eigenvalue weighted by Crippen LogP contribution is 1.60. The van der Waals surface area contributed by atoms with Crippen LogP contribution in [0.4, 0.5) is 0 Å². The van der Waals surface area contributed by atoms with Gasteiger partial charge < -0.3 is 4.74 Å². The van der Waals surface area contributed by atoms with Crippen LogP contribution < -0.4 is 0 Å². The number of hydrogen-bond acceptors (Lipinski definition) is 1. The van der Waals surface area contributed by atoms with Crippen molar-refractivity contribution in [1.29, 1.82) is 0 Å². The molecule has 1 nitrogen and oxygen atoms in total. The van der Waals surface area contributed by atoms with Crippen LogP contribution >= 0.6 is 0 Å². The van der Waals surface area contributed by atoms with E-state index in [2.05, 4.69) is 0 Å². The molecule has 0 aromatic carbocycles. The maximum Gasteiger partial charge on any atom is 0.135 e. The van der Waals surface area contributed by atoms with Crippen molar-refractivity contribution in [2.45, 2.75) is 6.92 Å². The van der Waals surface area contributed by atoms with Crippen LogP contribution in [0.25, 0.3) is 0 Å². The van der Waals surface area contributed by atoms with Crippen LogP contribution in [0.15, 0.2) is 0 Å². The van der Waals surface area contributed by atoms with Crippen LogP contribution in [0, 0.1) is 0 Å². The summed E-state index contributed by atoms with van der Waals surface area (Å²) in [6.45, 7) is 3.68. The molecule has 5 heavy (non-hydrogen) atoms. The summed E-state index contributed by atoms with van der Waals surface area (Å²) >= 11 is 0. The Morgan fingerprint density at radius 3 is 2.40 bits per heavy atom. The lowest BCUT2D eigenvalue weighted by molar-refractivity contribution is 0.195. The second kappa shape index (κ2) is 4.02. The smallest absolute Gasteiger partial charge is 0.135 e. The maximum atomic E-state index is 4.83. The summed E-state index contributed by atoms with van der Waals surface area (Å²) in [6, 6.07) is 0. The SMILES string of the molecule is BCOCC. The van der Waals surface area contributed by atoms with E-state index in [-0.39, 0.29) is 0 Å². The van der Waals surface area contributed by atoms with Gasteiger partial charge in [-0.05, 0) is 6.92 Å². The van der Waals surface area contributed by atoms with Gasteiger partial charge in [-0.3, -0.25) is 0 Å². The molecule has 0 atom stereocenters. The van der Waals surface area contributed by atoms with Crippen LogP contribution in [0.3, 0.4) is 0 Å². The van der Waals surface area contributed by atoms with Gasteiger partial charge in [0, 0.05) is 13.1 Å². The standard InChI is InChI=1S/C3H9BO/c1-2-5-3-4/h2-4H2,1H3. The highest BCUT2D eigenvalue weighted by molar-refractivity contribution is 6.08. The Morgan fingerprint density at radius 1 is 1.80 bits per heavy atom. The maximum absolute atomic E-state index is 4.83. The molecule has 0 bridgehead atoms. The van der Waals surface area contributed by atoms with Crippen molar-refractivity contribution in [2.75, 3.05) is 13.1 Å². The van der Waals surface area contributed by atoms with Crippen molar-refractivity contribution in [2.24, 2.45) is 0 Å². The van der Waals surface area contributed by atoms with Crippen LogP contribution in [0.5, 0.6) is 0 Å². The summed E-state index contributed by atoms with van der Waals surface area (Å²) < 4.78 is 4.83. The number of hydrogen-bond donors (Lipinski definition) is 0. The largest absolute Gasteiger partial charge is 0.391 e. The molecule has 0 saturated heterocycles. The molecule has 0 heterocycles. The molecule has 0 rings (SSSR count). The van der Waals surface area contributed by atoms with Gasteiger partial charge in [-0.2, -0.15) is 0 Å².